The Bertz CT molecular complexity index is 661. The number of benzene rings is 1. The highest BCUT2D eigenvalue weighted by molar-refractivity contribution is 8.00. The molecule has 20 heavy (non-hydrogen) atoms. The molecule has 0 radical (unpaired) electrons. The molecular formula is C16H15NO2S. The summed E-state index contributed by atoms with van der Waals surface area (Å²) < 4.78 is 0. The van der Waals surface area contributed by atoms with Crippen LogP contribution in [-0.2, 0) is 9.78 Å². The molecule has 2 unspecified atom stereocenters. The molecule has 0 aromatic heterocycles. The number of nitriles is 1. The van der Waals surface area contributed by atoms with Crippen molar-refractivity contribution in [3.63, 3.8) is 0 Å². The maximum atomic E-state index is 9.38. The van der Waals surface area contributed by atoms with Gasteiger partial charge in [0.15, 0.2) is 4.93 Å². The number of allylic oxidation sites excluding steroid dienone is 1. The summed E-state index contributed by atoms with van der Waals surface area (Å²) in [5, 5.41) is 9.38. The van der Waals surface area contributed by atoms with Crippen LogP contribution < -0.4 is 0 Å². The van der Waals surface area contributed by atoms with Crippen molar-refractivity contribution in [2.24, 2.45) is 0 Å². The fraction of sp³-hybridized carbons (Fsp3) is 0.312. The van der Waals surface area contributed by atoms with Crippen molar-refractivity contribution >= 4 is 17.3 Å². The molecule has 3 rings (SSSR count). The van der Waals surface area contributed by atoms with Crippen LogP contribution in [0.25, 0.3) is 5.57 Å². The van der Waals surface area contributed by atoms with Gasteiger partial charge < -0.3 is 0 Å². The molecule has 2 aliphatic rings. The Morgan fingerprint density at radius 3 is 2.80 bits per heavy atom. The highest BCUT2D eigenvalue weighted by Crippen LogP contribution is 2.53. The monoisotopic (exact) mass is 285 g/mol. The van der Waals surface area contributed by atoms with Crippen molar-refractivity contribution in [1.29, 1.82) is 5.26 Å². The molecule has 1 spiro atoms. The van der Waals surface area contributed by atoms with Gasteiger partial charge in [0.2, 0.25) is 0 Å². The van der Waals surface area contributed by atoms with Crippen LogP contribution in [0.5, 0.6) is 0 Å². The van der Waals surface area contributed by atoms with E-state index in [0.717, 1.165) is 16.0 Å². The smallest absolute Gasteiger partial charge is 0.176 e. The Hall–Kier alpha value is -1.54. The third-order valence-electron chi connectivity index (χ3n) is 3.80. The highest BCUT2D eigenvalue weighted by Gasteiger charge is 2.51. The molecule has 1 aromatic rings. The standard InChI is InChI=1S/C16H15NO2S/c1-11(2)15(3)10-16(19-18-15)8-12(9-17)13-6-4-5-7-14(13)20-16/h4-8H,1,10H2,2-3H3. The molecule has 2 atom stereocenters. The first-order valence-electron chi connectivity index (χ1n) is 6.42. The lowest BCUT2D eigenvalue weighted by Gasteiger charge is -2.28. The molecule has 2 aliphatic heterocycles. The molecule has 0 N–H and O–H groups in total. The van der Waals surface area contributed by atoms with Crippen LogP contribution in [0.15, 0.2) is 47.4 Å². The Labute approximate surface area is 122 Å². The van der Waals surface area contributed by atoms with Crippen LogP contribution in [0.1, 0.15) is 25.8 Å². The third-order valence-corrected chi connectivity index (χ3v) is 5.05. The number of hydrogen-bond acceptors (Lipinski definition) is 4. The summed E-state index contributed by atoms with van der Waals surface area (Å²) in [5.74, 6) is 0. The lowest BCUT2D eigenvalue weighted by atomic mass is 9.91. The molecule has 2 heterocycles. The lowest BCUT2D eigenvalue weighted by Crippen LogP contribution is -2.29. The predicted molar refractivity (Wildman–Crippen MR) is 78.6 cm³/mol. The van der Waals surface area contributed by atoms with Crippen molar-refractivity contribution in [3.05, 3.63) is 48.1 Å². The van der Waals surface area contributed by atoms with Crippen LogP contribution in [0.4, 0.5) is 0 Å². The molecule has 102 valence electrons. The predicted octanol–water partition coefficient (Wildman–Crippen LogP) is 4.08. The lowest BCUT2D eigenvalue weighted by molar-refractivity contribution is -0.314. The van der Waals surface area contributed by atoms with E-state index in [0.29, 0.717) is 12.0 Å². The van der Waals surface area contributed by atoms with Crippen molar-refractivity contribution in [3.8, 4) is 6.07 Å². The normalized spacial score (nSPS) is 31.6. The SMILES string of the molecule is C=C(C)C1(C)CC2(C=C(C#N)c3ccccc3S2)OO1. The molecule has 1 fully saturated rings. The van der Waals surface area contributed by atoms with Gasteiger partial charge in [0, 0.05) is 16.9 Å². The van der Waals surface area contributed by atoms with Gasteiger partial charge in [-0.15, -0.1) is 0 Å². The first kappa shape index (κ1) is 13.4. The molecule has 4 heteroatoms. The zero-order valence-corrected chi connectivity index (χ0v) is 12.3. The number of rotatable bonds is 1. The van der Waals surface area contributed by atoms with E-state index in [1.54, 1.807) is 11.8 Å². The minimum absolute atomic E-state index is 0.518. The molecule has 0 saturated carbocycles. The largest absolute Gasteiger partial charge is 0.224 e. The Balaban J connectivity index is 2.04. The second-order valence-electron chi connectivity index (χ2n) is 5.43. The van der Waals surface area contributed by atoms with E-state index in [1.165, 1.54) is 0 Å². The van der Waals surface area contributed by atoms with Gasteiger partial charge in [0.1, 0.15) is 5.60 Å². The Kier molecular flexibility index (Phi) is 3.02. The van der Waals surface area contributed by atoms with E-state index in [4.69, 9.17) is 9.78 Å². The van der Waals surface area contributed by atoms with Gasteiger partial charge in [-0.3, -0.25) is 0 Å². The van der Waals surface area contributed by atoms with Gasteiger partial charge in [-0.05, 0) is 31.6 Å². The summed E-state index contributed by atoms with van der Waals surface area (Å²) in [5.41, 5.74) is 1.99. The van der Waals surface area contributed by atoms with Crippen LogP contribution in [-0.4, -0.2) is 10.5 Å². The summed E-state index contributed by atoms with van der Waals surface area (Å²) in [6, 6.07) is 10.1. The molecule has 1 aromatic carbocycles. The van der Waals surface area contributed by atoms with Crippen molar-refractivity contribution < 1.29 is 9.78 Å². The van der Waals surface area contributed by atoms with Gasteiger partial charge in [-0.1, -0.05) is 36.5 Å². The van der Waals surface area contributed by atoms with Crippen molar-refractivity contribution in [2.45, 2.75) is 35.7 Å². The zero-order chi connectivity index (χ0) is 14.4. The Morgan fingerprint density at radius 1 is 1.40 bits per heavy atom. The van der Waals surface area contributed by atoms with Crippen LogP contribution >= 0.6 is 11.8 Å². The first-order valence-corrected chi connectivity index (χ1v) is 7.24. The maximum absolute atomic E-state index is 9.38. The Morgan fingerprint density at radius 2 is 2.15 bits per heavy atom. The topological polar surface area (TPSA) is 42.2 Å². The average molecular weight is 285 g/mol. The summed E-state index contributed by atoms with van der Waals surface area (Å²) >= 11 is 1.59. The summed E-state index contributed by atoms with van der Waals surface area (Å²) in [6.07, 6.45) is 2.51. The van der Waals surface area contributed by atoms with Crippen molar-refractivity contribution in [2.75, 3.05) is 0 Å². The maximum Gasteiger partial charge on any atom is 0.176 e. The summed E-state index contributed by atoms with van der Waals surface area (Å²) in [7, 11) is 0. The first-order chi connectivity index (χ1) is 9.48. The minimum atomic E-state index is -0.646. The molecule has 3 nitrogen and oxygen atoms in total. The molecular weight excluding hydrogens is 270 g/mol. The second kappa shape index (κ2) is 4.49. The van der Waals surface area contributed by atoms with E-state index in [-0.39, 0.29) is 0 Å². The van der Waals surface area contributed by atoms with Gasteiger partial charge >= 0.3 is 0 Å². The summed E-state index contributed by atoms with van der Waals surface area (Å²) in [6.45, 7) is 7.86. The van der Waals surface area contributed by atoms with E-state index in [2.05, 4.69) is 12.6 Å². The van der Waals surface area contributed by atoms with E-state index in [9.17, 15) is 5.26 Å². The molecule has 0 amide bonds. The van der Waals surface area contributed by atoms with Crippen molar-refractivity contribution in [1.82, 2.24) is 0 Å². The van der Waals surface area contributed by atoms with Gasteiger partial charge in [-0.2, -0.15) is 5.26 Å². The number of nitrogens with zero attached hydrogens (tertiary/aromatic N) is 1. The fourth-order valence-corrected chi connectivity index (χ4v) is 3.82. The third kappa shape index (κ3) is 1.99. The van der Waals surface area contributed by atoms with Crippen LogP contribution in [0.3, 0.4) is 0 Å². The van der Waals surface area contributed by atoms with Gasteiger partial charge in [0.05, 0.1) is 11.6 Å². The molecule has 0 aliphatic carbocycles. The fourth-order valence-electron chi connectivity index (χ4n) is 2.43. The number of thioether (sulfide) groups is 1. The van der Waals surface area contributed by atoms with Crippen LogP contribution in [0, 0.1) is 11.3 Å². The van der Waals surface area contributed by atoms with E-state index >= 15 is 0 Å². The molecule has 0 bridgehead atoms. The second-order valence-corrected chi connectivity index (χ2v) is 6.77. The number of fused-ring (bicyclic) bond motifs is 1. The summed E-state index contributed by atoms with van der Waals surface area (Å²) in [4.78, 5) is 11.5. The highest BCUT2D eigenvalue weighted by atomic mass is 32.2. The number of hydrogen-bond donors (Lipinski definition) is 0. The average Bonchev–Trinajstić information content (AvgIpc) is 2.76. The quantitative estimate of drug-likeness (QED) is 0.576. The minimum Gasteiger partial charge on any atom is -0.224 e. The van der Waals surface area contributed by atoms with E-state index in [1.807, 2.05) is 44.2 Å². The van der Waals surface area contributed by atoms with Gasteiger partial charge in [-0.25, -0.2) is 9.78 Å². The molecule has 1 saturated heterocycles. The van der Waals surface area contributed by atoms with Gasteiger partial charge in [0.25, 0.3) is 0 Å². The van der Waals surface area contributed by atoms with E-state index < -0.39 is 10.5 Å². The van der Waals surface area contributed by atoms with Crippen LogP contribution in [0.2, 0.25) is 0 Å². The zero-order valence-electron chi connectivity index (χ0n) is 11.5.